The molecule has 124 valence electrons. The third-order valence-electron chi connectivity index (χ3n) is 4.63. The number of rotatable bonds is 4. The van der Waals surface area contributed by atoms with E-state index in [1.807, 2.05) is 29.1 Å². The summed E-state index contributed by atoms with van der Waals surface area (Å²) in [5, 5.41) is 8.56. The van der Waals surface area contributed by atoms with Gasteiger partial charge in [-0.2, -0.15) is 5.10 Å². The maximum atomic E-state index is 12.7. The monoisotopic (exact) mass is 316 g/mol. The molecule has 1 amide bonds. The molecule has 0 aliphatic carbocycles. The standard InChI is InChI=1S/C17H24N4O2/c1-12(2)21-10-13-9-14(3-4-15(13)20-21)19-16(22)17(11-18)5-7-23-8-6-17/h3-4,9-10,12H,5-8,11,18H2,1-2H3,(H,19,22). The molecule has 0 atom stereocenters. The van der Waals surface area contributed by atoms with Crippen molar-refractivity contribution in [1.29, 1.82) is 0 Å². The Kier molecular flexibility index (Phi) is 4.37. The number of ether oxygens (including phenoxy) is 1. The lowest BCUT2D eigenvalue weighted by Gasteiger charge is -2.34. The quantitative estimate of drug-likeness (QED) is 0.907. The number of carbonyl (C=O) groups is 1. The lowest BCUT2D eigenvalue weighted by molar-refractivity contribution is -0.130. The predicted octanol–water partition coefficient (Wildman–Crippen LogP) is 2.31. The largest absolute Gasteiger partial charge is 0.381 e. The molecule has 1 fully saturated rings. The van der Waals surface area contributed by atoms with Gasteiger partial charge in [-0.05, 0) is 44.9 Å². The van der Waals surface area contributed by atoms with Crippen LogP contribution >= 0.6 is 0 Å². The molecule has 2 heterocycles. The number of hydrogen-bond donors (Lipinski definition) is 2. The van der Waals surface area contributed by atoms with Crippen molar-refractivity contribution in [2.75, 3.05) is 25.1 Å². The predicted molar refractivity (Wildman–Crippen MR) is 90.3 cm³/mol. The highest BCUT2D eigenvalue weighted by molar-refractivity contribution is 5.97. The van der Waals surface area contributed by atoms with Crippen molar-refractivity contribution < 1.29 is 9.53 Å². The third kappa shape index (κ3) is 3.09. The summed E-state index contributed by atoms with van der Waals surface area (Å²) < 4.78 is 7.29. The van der Waals surface area contributed by atoms with Gasteiger partial charge in [0, 0.05) is 43.1 Å². The highest BCUT2D eigenvalue weighted by Gasteiger charge is 2.38. The van der Waals surface area contributed by atoms with Crippen LogP contribution in [0.15, 0.2) is 24.4 Å². The van der Waals surface area contributed by atoms with Gasteiger partial charge in [-0.1, -0.05) is 0 Å². The minimum Gasteiger partial charge on any atom is -0.381 e. The van der Waals surface area contributed by atoms with Crippen LogP contribution in [0.3, 0.4) is 0 Å². The highest BCUT2D eigenvalue weighted by Crippen LogP contribution is 2.31. The van der Waals surface area contributed by atoms with Crippen molar-refractivity contribution in [3.8, 4) is 0 Å². The van der Waals surface area contributed by atoms with Crippen LogP contribution in [0.5, 0.6) is 0 Å². The zero-order chi connectivity index (χ0) is 16.4. The van der Waals surface area contributed by atoms with Gasteiger partial charge in [0.1, 0.15) is 0 Å². The van der Waals surface area contributed by atoms with E-state index in [1.165, 1.54) is 0 Å². The smallest absolute Gasteiger partial charge is 0.232 e. The molecule has 0 spiro atoms. The lowest BCUT2D eigenvalue weighted by atomic mass is 9.79. The van der Waals surface area contributed by atoms with Gasteiger partial charge >= 0.3 is 0 Å². The van der Waals surface area contributed by atoms with E-state index in [9.17, 15) is 4.79 Å². The molecule has 23 heavy (non-hydrogen) atoms. The second kappa shape index (κ2) is 6.29. The SMILES string of the molecule is CC(C)n1cc2cc(NC(=O)C3(CN)CCOCC3)ccc2n1. The van der Waals surface area contributed by atoms with E-state index in [-0.39, 0.29) is 5.91 Å². The van der Waals surface area contributed by atoms with Crippen molar-refractivity contribution in [3.63, 3.8) is 0 Å². The van der Waals surface area contributed by atoms with Gasteiger partial charge in [0.15, 0.2) is 0 Å². The number of nitrogens with one attached hydrogen (secondary N) is 1. The number of fused-ring (bicyclic) bond motifs is 1. The number of nitrogens with zero attached hydrogens (tertiary/aromatic N) is 2. The average Bonchev–Trinajstić information content (AvgIpc) is 2.99. The molecule has 1 saturated heterocycles. The lowest BCUT2D eigenvalue weighted by Crippen LogP contribution is -2.46. The zero-order valence-electron chi connectivity index (χ0n) is 13.7. The Hall–Kier alpha value is -1.92. The molecule has 2 aromatic rings. The summed E-state index contributed by atoms with van der Waals surface area (Å²) in [6.07, 6.45) is 3.34. The number of nitrogens with two attached hydrogens (primary N) is 1. The van der Waals surface area contributed by atoms with E-state index in [0.717, 1.165) is 16.6 Å². The molecule has 3 N–H and O–H groups in total. The van der Waals surface area contributed by atoms with Gasteiger partial charge in [-0.3, -0.25) is 9.48 Å². The van der Waals surface area contributed by atoms with Gasteiger partial charge in [0.05, 0.1) is 10.9 Å². The van der Waals surface area contributed by atoms with Crippen molar-refractivity contribution in [3.05, 3.63) is 24.4 Å². The molecular formula is C17H24N4O2. The maximum absolute atomic E-state index is 12.7. The second-order valence-electron chi connectivity index (χ2n) is 6.53. The first-order valence-electron chi connectivity index (χ1n) is 8.12. The number of benzene rings is 1. The molecule has 6 nitrogen and oxygen atoms in total. The van der Waals surface area contributed by atoms with Gasteiger partial charge in [0.25, 0.3) is 0 Å². The molecule has 0 unspecified atom stereocenters. The second-order valence-corrected chi connectivity index (χ2v) is 6.53. The van der Waals surface area contributed by atoms with Crippen LogP contribution in [0, 0.1) is 5.41 Å². The molecule has 0 bridgehead atoms. The topological polar surface area (TPSA) is 82.2 Å². The van der Waals surface area contributed by atoms with E-state index < -0.39 is 5.41 Å². The first-order valence-corrected chi connectivity index (χ1v) is 8.12. The van der Waals surface area contributed by atoms with Gasteiger partial charge in [0.2, 0.25) is 5.91 Å². The van der Waals surface area contributed by atoms with Crippen LogP contribution in [-0.4, -0.2) is 35.4 Å². The maximum Gasteiger partial charge on any atom is 0.232 e. The fourth-order valence-electron chi connectivity index (χ4n) is 2.94. The molecule has 6 heteroatoms. The first-order chi connectivity index (χ1) is 11.0. The van der Waals surface area contributed by atoms with E-state index in [1.54, 1.807) is 0 Å². The molecule has 1 aromatic carbocycles. The van der Waals surface area contributed by atoms with Crippen LogP contribution in [-0.2, 0) is 9.53 Å². The fourth-order valence-corrected chi connectivity index (χ4v) is 2.94. The summed E-state index contributed by atoms with van der Waals surface area (Å²) in [5.41, 5.74) is 7.08. The summed E-state index contributed by atoms with van der Waals surface area (Å²) in [6.45, 7) is 5.70. The molecule has 0 radical (unpaired) electrons. The Morgan fingerprint density at radius 2 is 2.17 bits per heavy atom. The van der Waals surface area contributed by atoms with Gasteiger partial charge in [-0.15, -0.1) is 0 Å². The number of hydrogen-bond acceptors (Lipinski definition) is 4. The van der Waals surface area contributed by atoms with E-state index in [0.29, 0.717) is 38.6 Å². The summed E-state index contributed by atoms with van der Waals surface area (Å²) in [4.78, 5) is 12.7. The van der Waals surface area contributed by atoms with Crippen molar-refractivity contribution in [1.82, 2.24) is 9.78 Å². The molecular weight excluding hydrogens is 292 g/mol. The number of carbonyl (C=O) groups excluding carboxylic acids is 1. The highest BCUT2D eigenvalue weighted by atomic mass is 16.5. The Bertz CT molecular complexity index is 702. The Morgan fingerprint density at radius 1 is 1.43 bits per heavy atom. The first kappa shape index (κ1) is 16.0. The minimum atomic E-state index is -0.519. The van der Waals surface area contributed by atoms with Crippen LogP contribution in [0.2, 0.25) is 0 Å². The summed E-state index contributed by atoms with van der Waals surface area (Å²) in [5.74, 6) is -0.0149. The van der Waals surface area contributed by atoms with Crippen LogP contribution in [0.4, 0.5) is 5.69 Å². The fraction of sp³-hybridized carbons (Fsp3) is 0.529. The van der Waals surface area contributed by atoms with Crippen molar-refractivity contribution in [2.45, 2.75) is 32.7 Å². The van der Waals surface area contributed by atoms with Crippen LogP contribution in [0.1, 0.15) is 32.7 Å². The summed E-state index contributed by atoms with van der Waals surface area (Å²) in [6, 6.07) is 6.09. The normalized spacial score (nSPS) is 17.6. The van der Waals surface area contributed by atoms with E-state index >= 15 is 0 Å². The van der Waals surface area contributed by atoms with Crippen molar-refractivity contribution >= 4 is 22.5 Å². The summed E-state index contributed by atoms with van der Waals surface area (Å²) >= 11 is 0. The van der Waals surface area contributed by atoms with E-state index in [4.69, 9.17) is 10.5 Å². The number of amides is 1. The molecule has 3 rings (SSSR count). The Morgan fingerprint density at radius 3 is 2.83 bits per heavy atom. The van der Waals surface area contributed by atoms with Gasteiger partial charge in [-0.25, -0.2) is 0 Å². The van der Waals surface area contributed by atoms with Crippen LogP contribution in [0.25, 0.3) is 10.9 Å². The molecule has 1 aliphatic heterocycles. The molecule has 0 saturated carbocycles. The van der Waals surface area contributed by atoms with Crippen LogP contribution < -0.4 is 11.1 Å². The molecule has 1 aliphatic rings. The Labute approximate surface area is 136 Å². The number of anilines is 1. The molecule has 1 aromatic heterocycles. The average molecular weight is 316 g/mol. The summed E-state index contributed by atoms with van der Waals surface area (Å²) in [7, 11) is 0. The zero-order valence-corrected chi connectivity index (χ0v) is 13.7. The minimum absolute atomic E-state index is 0.0149. The number of aromatic nitrogens is 2. The van der Waals surface area contributed by atoms with Gasteiger partial charge < -0.3 is 15.8 Å². The Balaban J connectivity index is 1.81. The van der Waals surface area contributed by atoms with Crippen molar-refractivity contribution in [2.24, 2.45) is 11.1 Å². The van der Waals surface area contributed by atoms with E-state index in [2.05, 4.69) is 24.3 Å². The third-order valence-corrected chi connectivity index (χ3v) is 4.63.